The minimum Gasteiger partial charge on any atom is -0.388 e. The summed E-state index contributed by atoms with van der Waals surface area (Å²) in [7, 11) is 0. The van der Waals surface area contributed by atoms with E-state index >= 15 is 0 Å². The van der Waals surface area contributed by atoms with E-state index in [4.69, 9.17) is 4.74 Å². The Morgan fingerprint density at radius 2 is 2.05 bits per heavy atom. The molecule has 0 aliphatic carbocycles. The van der Waals surface area contributed by atoms with Gasteiger partial charge < -0.3 is 14.7 Å². The maximum atomic E-state index is 13.6. The fourth-order valence-electron chi connectivity index (χ4n) is 2.74. The van der Waals surface area contributed by atoms with Crippen LogP contribution >= 0.6 is 0 Å². The lowest BCUT2D eigenvalue weighted by molar-refractivity contribution is 0.0112. The zero-order chi connectivity index (χ0) is 14.4. The van der Waals surface area contributed by atoms with Gasteiger partial charge in [-0.1, -0.05) is 18.2 Å². The van der Waals surface area contributed by atoms with Gasteiger partial charge in [-0.2, -0.15) is 0 Å². The average Bonchev–Trinajstić information content (AvgIpc) is 2.47. The SMILES string of the molecule is CCOC1CCN(CCC(O)c2ccccc2F)CC1. The molecule has 1 aromatic rings. The van der Waals surface area contributed by atoms with Crippen molar-refractivity contribution in [2.24, 2.45) is 0 Å². The highest BCUT2D eigenvalue weighted by Crippen LogP contribution is 2.21. The van der Waals surface area contributed by atoms with E-state index in [0.29, 0.717) is 18.1 Å². The summed E-state index contributed by atoms with van der Waals surface area (Å²) in [6.45, 7) is 5.59. The number of hydrogen-bond donors (Lipinski definition) is 1. The molecule has 1 heterocycles. The molecule has 1 fully saturated rings. The largest absolute Gasteiger partial charge is 0.388 e. The molecule has 0 radical (unpaired) electrons. The van der Waals surface area contributed by atoms with Gasteiger partial charge in [0.2, 0.25) is 0 Å². The van der Waals surface area contributed by atoms with Crippen molar-refractivity contribution < 1.29 is 14.2 Å². The maximum Gasteiger partial charge on any atom is 0.128 e. The van der Waals surface area contributed by atoms with Gasteiger partial charge in [-0.25, -0.2) is 4.39 Å². The first-order valence-electron chi connectivity index (χ1n) is 7.47. The van der Waals surface area contributed by atoms with E-state index in [2.05, 4.69) is 4.90 Å². The van der Waals surface area contributed by atoms with Crippen LogP contribution in [0.1, 0.15) is 37.9 Å². The predicted octanol–water partition coefficient (Wildman–Crippen LogP) is 2.75. The molecule has 0 saturated carbocycles. The number of hydrogen-bond acceptors (Lipinski definition) is 3. The van der Waals surface area contributed by atoms with Crippen LogP contribution < -0.4 is 0 Å². The lowest BCUT2D eigenvalue weighted by atomic mass is 10.0. The van der Waals surface area contributed by atoms with Crippen molar-refractivity contribution in [2.75, 3.05) is 26.2 Å². The molecule has 4 heteroatoms. The highest BCUT2D eigenvalue weighted by molar-refractivity contribution is 5.19. The van der Waals surface area contributed by atoms with Gasteiger partial charge in [0.05, 0.1) is 12.2 Å². The number of nitrogens with zero attached hydrogens (tertiary/aromatic N) is 1. The van der Waals surface area contributed by atoms with Crippen molar-refractivity contribution in [3.05, 3.63) is 35.6 Å². The van der Waals surface area contributed by atoms with E-state index in [1.54, 1.807) is 18.2 Å². The smallest absolute Gasteiger partial charge is 0.128 e. The molecule has 2 rings (SSSR count). The van der Waals surface area contributed by atoms with E-state index in [1.807, 2.05) is 6.92 Å². The highest BCUT2D eigenvalue weighted by Gasteiger charge is 2.20. The molecule has 1 aliphatic rings. The summed E-state index contributed by atoms with van der Waals surface area (Å²) in [4.78, 5) is 2.32. The van der Waals surface area contributed by atoms with Crippen molar-refractivity contribution >= 4 is 0 Å². The quantitative estimate of drug-likeness (QED) is 0.870. The van der Waals surface area contributed by atoms with Gasteiger partial charge in [-0.05, 0) is 32.3 Å². The molecule has 1 saturated heterocycles. The molecule has 1 aliphatic heterocycles. The van der Waals surface area contributed by atoms with Gasteiger partial charge in [0, 0.05) is 31.8 Å². The number of rotatable bonds is 6. The van der Waals surface area contributed by atoms with Crippen LogP contribution in [0.15, 0.2) is 24.3 Å². The molecule has 1 unspecified atom stereocenters. The summed E-state index contributed by atoms with van der Waals surface area (Å²) in [5.41, 5.74) is 0.400. The summed E-state index contributed by atoms with van der Waals surface area (Å²) >= 11 is 0. The third-order valence-corrected chi connectivity index (χ3v) is 3.92. The van der Waals surface area contributed by atoms with Gasteiger partial charge in [0.25, 0.3) is 0 Å². The number of aliphatic hydroxyl groups is 1. The van der Waals surface area contributed by atoms with Gasteiger partial charge in [0.1, 0.15) is 5.82 Å². The number of benzene rings is 1. The monoisotopic (exact) mass is 281 g/mol. The van der Waals surface area contributed by atoms with E-state index in [9.17, 15) is 9.50 Å². The first-order chi connectivity index (χ1) is 9.70. The third kappa shape index (κ3) is 4.27. The van der Waals surface area contributed by atoms with E-state index in [1.165, 1.54) is 6.07 Å². The van der Waals surface area contributed by atoms with Crippen LogP contribution in [0.3, 0.4) is 0 Å². The molecular weight excluding hydrogens is 257 g/mol. The van der Waals surface area contributed by atoms with Gasteiger partial charge >= 0.3 is 0 Å². The zero-order valence-corrected chi connectivity index (χ0v) is 12.1. The molecule has 1 aromatic carbocycles. The summed E-state index contributed by atoms with van der Waals surface area (Å²) in [5, 5.41) is 10.1. The second-order valence-electron chi connectivity index (χ2n) is 5.32. The highest BCUT2D eigenvalue weighted by atomic mass is 19.1. The molecule has 1 N–H and O–H groups in total. The van der Waals surface area contributed by atoms with Crippen LogP contribution in [0.2, 0.25) is 0 Å². The van der Waals surface area contributed by atoms with Crippen molar-refractivity contribution in [1.29, 1.82) is 0 Å². The Hall–Kier alpha value is -0.970. The molecule has 0 spiro atoms. The average molecular weight is 281 g/mol. The Kier molecular flexibility index (Phi) is 5.95. The molecule has 1 atom stereocenters. The van der Waals surface area contributed by atoms with Crippen LogP contribution in [0.25, 0.3) is 0 Å². The topological polar surface area (TPSA) is 32.7 Å². The van der Waals surface area contributed by atoms with Crippen LogP contribution in [-0.2, 0) is 4.74 Å². The summed E-state index contributed by atoms with van der Waals surface area (Å²) in [5.74, 6) is -0.324. The number of aliphatic hydroxyl groups excluding tert-OH is 1. The van der Waals surface area contributed by atoms with Gasteiger partial charge in [-0.3, -0.25) is 0 Å². The zero-order valence-electron chi connectivity index (χ0n) is 12.1. The normalized spacial score (nSPS) is 19.1. The second kappa shape index (κ2) is 7.72. The van der Waals surface area contributed by atoms with Crippen molar-refractivity contribution in [3.8, 4) is 0 Å². The van der Waals surface area contributed by atoms with Crippen LogP contribution in [0.4, 0.5) is 4.39 Å². The minimum atomic E-state index is -0.721. The van der Waals surface area contributed by atoms with Crippen molar-refractivity contribution in [3.63, 3.8) is 0 Å². The summed E-state index contributed by atoms with van der Waals surface area (Å²) < 4.78 is 19.2. The fraction of sp³-hybridized carbons (Fsp3) is 0.625. The molecule has 0 bridgehead atoms. The Morgan fingerprint density at radius 3 is 2.70 bits per heavy atom. The maximum absolute atomic E-state index is 13.6. The summed E-state index contributed by atoms with van der Waals surface area (Å²) in [6.07, 6.45) is 2.32. The molecule has 0 amide bonds. The van der Waals surface area contributed by atoms with E-state index in [0.717, 1.165) is 39.1 Å². The van der Waals surface area contributed by atoms with E-state index in [-0.39, 0.29) is 5.82 Å². The lowest BCUT2D eigenvalue weighted by Crippen LogP contribution is -2.38. The summed E-state index contributed by atoms with van der Waals surface area (Å²) in [6, 6.07) is 6.45. The molecular formula is C16H24FNO2. The first-order valence-corrected chi connectivity index (χ1v) is 7.47. The van der Waals surface area contributed by atoms with Crippen LogP contribution in [0.5, 0.6) is 0 Å². The van der Waals surface area contributed by atoms with Crippen molar-refractivity contribution in [1.82, 2.24) is 4.90 Å². The molecule has 20 heavy (non-hydrogen) atoms. The van der Waals surface area contributed by atoms with E-state index < -0.39 is 6.10 Å². The third-order valence-electron chi connectivity index (χ3n) is 3.92. The number of piperidine rings is 1. The van der Waals surface area contributed by atoms with Crippen LogP contribution in [-0.4, -0.2) is 42.4 Å². The lowest BCUT2D eigenvalue weighted by Gasteiger charge is -2.32. The van der Waals surface area contributed by atoms with Gasteiger partial charge in [0.15, 0.2) is 0 Å². The van der Waals surface area contributed by atoms with Gasteiger partial charge in [-0.15, -0.1) is 0 Å². The Balaban J connectivity index is 1.75. The number of likely N-dealkylation sites (tertiary alicyclic amines) is 1. The Morgan fingerprint density at radius 1 is 1.35 bits per heavy atom. The Bertz CT molecular complexity index is 405. The van der Waals surface area contributed by atoms with Crippen LogP contribution in [0, 0.1) is 5.82 Å². The predicted molar refractivity (Wildman–Crippen MR) is 77.1 cm³/mol. The van der Waals surface area contributed by atoms with Crippen molar-refractivity contribution in [2.45, 2.75) is 38.4 Å². The standard InChI is InChI=1S/C16H24FNO2/c1-2-20-13-7-10-18(11-8-13)12-9-16(19)14-5-3-4-6-15(14)17/h3-6,13,16,19H,2,7-12H2,1H3. The minimum absolute atomic E-state index is 0.324. The number of halogens is 1. The first kappa shape index (κ1) is 15.4. The molecule has 112 valence electrons. The fourth-order valence-corrected chi connectivity index (χ4v) is 2.74. The number of ether oxygens (including phenoxy) is 1. The molecule has 3 nitrogen and oxygen atoms in total. The second-order valence-corrected chi connectivity index (χ2v) is 5.32. The molecule has 0 aromatic heterocycles. The Labute approximate surface area is 120 Å².